The standard InChI is InChI=1S/C28H28FN5O5S/c1-4-39-27(36)24-17(2)30-28-33(25(24)18-5-7-20(29)8-6-18)26(35)23(40-28)16-19-15-21(34(37)38)9-10-22(19)32-13-11-31(3)12-14-32/h5-10,15-16,25H,4,11-14H2,1-3H3/b23-16+/t25-/m1/s1. The van der Waals surface area contributed by atoms with Crippen molar-refractivity contribution in [3.63, 3.8) is 0 Å². The van der Waals surface area contributed by atoms with Crippen LogP contribution < -0.4 is 19.8 Å². The van der Waals surface area contributed by atoms with Crippen molar-refractivity contribution in [1.29, 1.82) is 0 Å². The Morgan fingerprint density at radius 2 is 1.90 bits per heavy atom. The molecule has 1 aromatic heterocycles. The van der Waals surface area contributed by atoms with Crippen molar-refractivity contribution in [2.24, 2.45) is 4.99 Å². The predicted octanol–water partition coefficient (Wildman–Crippen LogP) is 2.60. The highest BCUT2D eigenvalue weighted by atomic mass is 32.1. The van der Waals surface area contributed by atoms with E-state index >= 15 is 0 Å². The summed E-state index contributed by atoms with van der Waals surface area (Å²) in [7, 11) is 2.04. The fourth-order valence-corrected chi connectivity index (χ4v) is 6.04. The number of esters is 1. The minimum atomic E-state index is -0.875. The molecule has 12 heteroatoms. The Bertz CT molecular complexity index is 1690. The van der Waals surface area contributed by atoms with E-state index in [9.17, 15) is 24.1 Å². The number of piperazine rings is 1. The summed E-state index contributed by atoms with van der Waals surface area (Å²) in [5.41, 5.74) is 1.96. The molecule has 1 atom stereocenters. The number of carbonyl (C=O) groups excluding carboxylic acids is 1. The molecule has 0 aliphatic carbocycles. The van der Waals surface area contributed by atoms with Gasteiger partial charge in [-0.15, -0.1) is 0 Å². The SMILES string of the molecule is CCOC(=O)C1=C(C)N=c2s/c(=C/c3cc([N+](=O)[O-])ccc3N3CCN(C)CC3)c(=O)n2[C@@H]1c1ccc(F)cc1. The van der Waals surface area contributed by atoms with E-state index in [0.29, 0.717) is 26.2 Å². The van der Waals surface area contributed by atoms with E-state index in [-0.39, 0.29) is 17.9 Å². The molecule has 208 valence electrons. The maximum absolute atomic E-state index is 13.9. The van der Waals surface area contributed by atoms with Crippen LogP contribution in [0.4, 0.5) is 15.8 Å². The summed E-state index contributed by atoms with van der Waals surface area (Å²) in [4.78, 5) is 47.4. The number of likely N-dealkylation sites (N-methyl/N-ethyl adjacent to an activating group) is 1. The largest absolute Gasteiger partial charge is 0.463 e. The molecule has 1 saturated heterocycles. The number of benzene rings is 2. The Morgan fingerprint density at radius 3 is 2.55 bits per heavy atom. The summed E-state index contributed by atoms with van der Waals surface area (Å²) >= 11 is 1.13. The smallest absolute Gasteiger partial charge is 0.338 e. The van der Waals surface area contributed by atoms with Crippen molar-refractivity contribution in [2.45, 2.75) is 19.9 Å². The average Bonchev–Trinajstić information content (AvgIpc) is 3.23. The quantitative estimate of drug-likeness (QED) is 0.257. The molecule has 0 saturated carbocycles. The van der Waals surface area contributed by atoms with Crippen LogP contribution >= 0.6 is 11.3 Å². The number of ether oxygens (including phenoxy) is 1. The molecule has 2 aliphatic rings. The zero-order valence-corrected chi connectivity index (χ0v) is 23.1. The molecular formula is C28H28FN5O5S. The molecule has 0 N–H and O–H groups in total. The fourth-order valence-electron chi connectivity index (χ4n) is 5.00. The van der Waals surface area contributed by atoms with Crippen LogP contribution in [-0.2, 0) is 9.53 Å². The number of halogens is 1. The molecule has 5 rings (SSSR count). The van der Waals surface area contributed by atoms with E-state index in [1.807, 2.05) is 7.05 Å². The van der Waals surface area contributed by atoms with Crippen LogP contribution in [0.5, 0.6) is 0 Å². The van der Waals surface area contributed by atoms with Gasteiger partial charge in [0.05, 0.1) is 33.4 Å². The van der Waals surface area contributed by atoms with E-state index in [1.165, 1.54) is 41.0 Å². The molecular weight excluding hydrogens is 537 g/mol. The molecule has 3 aromatic rings. The molecule has 2 aliphatic heterocycles. The summed E-state index contributed by atoms with van der Waals surface area (Å²) in [6.07, 6.45) is 1.65. The van der Waals surface area contributed by atoms with Crippen molar-refractivity contribution in [1.82, 2.24) is 9.47 Å². The van der Waals surface area contributed by atoms with Gasteiger partial charge in [0.15, 0.2) is 4.80 Å². The van der Waals surface area contributed by atoms with Gasteiger partial charge in [-0.2, -0.15) is 0 Å². The van der Waals surface area contributed by atoms with Gasteiger partial charge in [0.25, 0.3) is 11.2 Å². The average molecular weight is 566 g/mol. The molecule has 0 amide bonds. The number of rotatable bonds is 6. The Hall–Kier alpha value is -4.16. The van der Waals surface area contributed by atoms with Gasteiger partial charge in [-0.25, -0.2) is 14.2 Å². The lowest BCUT2D eigenvalue weighted by molar-refractivity contribution is -0.384. The lowest BCUT2D eigenvalue weighted by Gasteiger charge is -2.34. The van der Waals surface area contributed by atoms with Gasteiger partial charge >= 0.3 is 5.97 Å². The maximum atomic E-state index is 13.9. The third kappa shape index (κ3) is 5.19. The van der Waals surface area contributed by atoms with Gasteiger partial charge in [0.2, 0.25) is 0 Å². The Kier molecular flexibility index (Phi) is 7.63. The molecule has 2 aromatic carbocycles. The minimum Gasteiger partial charge on any atom is -0.463 e. The second-order valence-corrected chi connectivity index (χ2v) is 10.7. The normalized spacial score (nSPS) is 17.9. The van der Waals surface area contributed by atoms with Crippen LogP contribution in [0.15, 0.2) is 63.5 Å². The van der Waals surface area contributed by atoms with Gasteiger partial charge in [-0.3, -0.25) is 19.5 Å². The number of nitrogens with zero attached hydrogens (tertiary/aromatic N) is 5. The molecule has 0 bridgehead atoms. The monoisotopic (exact) mass is 565 g/mol. The summed E-state index contributed by atoms with van der Waals surface area (Å²) < 4.78 is 20.8. The van der Waals surface area contributed by atoms with Gasteiger partial charge < -0.3 is 14.5 Å². The van der Waals surface area contributed by atoms with Gasteiger partial charge in [0, 0.05) is 49.6 Å². The van der Waals surface area contributed by atoms with Crippen molar-refractivity contribution in [3.05, 3.63) is 100 Å². The second-order valence-electron chi connectivity index (χ2n) is 9.64. The number of allylic oxidation sites excluding steroid dienone is 1. The predicted molar refractivity (Wildman–Crippen MR) is 150 cm³/mol. The first-order valence-corrected chi connectivity index (χ1v) is 13.7. The number of fused-ring (bicyclic) bond motifs is 1. The van der Waals surface area contributed by atoms with E-state index in [0.717, 1.165) is 43.2 Å². The number of aromatic nitrogens is 1. The maximum Gasteiger partial charge on any atom is 0.338 e. The van der Waals surface area contributed by atoms with E-state index in [2.05, 4.69) is 14.8 Å². The number of thiazole rings is 1. The lowest BCUT2D eigenvalue weighted by atomic mass is 9.96. The molecule has 10 nitrogen and oxygen atoms in total. The number of anilines is 1. The van der Waals surface area contributed by atoms with Crippen LogP contribution in [0.1, 0.15) is 31.0 Å². The van der Waals surface area contributed by atoms with Crippen molar-refractivity contribution in [2.75, 3.05) is 44.7 Å². The molecule has 0 radical (unpaired) electrons. The van der Waals surface area contributed by atoms with Crippen molar-refractivity contribution < 1.29 is 18.8 Å². The molecule has 40 heavy (non-hydrogen) atoms. The third-order valence-electron chi connectivity index (χ3n) is 7.06. The second kappa shape index (κ2) is 11.1. The summed E-state index contributed by atoms with van der Waals surface area (Å²) in [5, 5.41) is 11.6. The molecule has 3 heterocycles. The first kappa shape index (κ1) is 27.4. The highest BCUT2D eigenvalue weighted by Crippen LogP contribution is 2.31. The van der Waals surface area contributed by atoms with E-state index < -0.39 is 28.3 Å². The van der Waals surface area contributed by atoms with E-state index in [4.69, 9.17) is 4.74 Å². The summed E-state index contributed by atoms with van der Waals surface area (Å²) in [6, 6.07) is 9.39. The Balaban J connectivity index is 1.70. The van der Waals surface area contributed by atoms with Crippen molar-refractivity contribution >= 4 is 34.8 Å². The van der Waals surface area contributed by atoms with Gasteiger partial charge in [-0.05, 0) is 50.7 Å². The topological polar surface area (TPSA) is 110 Å². The number of nitro benzene ring substituents is 1. The first-order chi connectivity index (χ1) is 19.2. The highest BCUT2D eigenvalue weighted by molar-refractivity contribution is 7.07. The van der Waals surface area contributed by atoms with Gasteiger partial charge in [0.1, 0.15) is 5.82 Å². The van der Waals surface area contributed by atoms with E-state index in [1.54, 1.807) is 26.0 Å². The van der Waals surface area contributed by atoms with Crippen LogP contribution in [0.2, 0.25) is 0 Å². The zero-order chi connectivity index (χ0) is 28.6. The molecule has 1 fully saturated rings. The van der Waals surface area contributed by atoms with Crippen LogP contribution in [-0.4, -0.2) is 60.2 Å². The third-order valence-corrected chi connectivity index (χ3v) is 8.04. The lowest BCUT2D eigenvalue weighted by Crippen LogP contribution is -2.44. The Morgan fingerprint density at radius 1 is 1.20 bits per heavy atom. The van der Waals surface area contributed by atoms with Crippen LogP contribution in [0.25, 0.3) is 6.08 Å². The zero-order valence-electron chi connectivity index (χ0n) is 22.3. The number of nitro groups is 1. The van der Waals surface area contributed by atoms with Crippen LogP contribution in [0, 0.1) is 15.9 Å². The minimum absolute atomic E-state index is 0.0819. The number of non-ortho nitro benzene ring substituents is 1. The number of hydrogen-bond donors (Lipinski definition) is 0. The van der Waals surface area contributed by atoms with Crippen molar-refractivity contribution in [3.8, 4) is 0 Å². The summed E-state index contributed by atoms with van der Waals surface area (Å²) in [6.45, 7) is 6.65. The van der Waals surface area contributed by atoms with Gasteiger partial charge in [-0.1, -0.05) is 23.5 Å². The molecule has 0 unspecified atom stereocenters. The molecule has 0 spiro atoms. The first-order valence-electron chi connectivity index (χ1n) is 12.8. The highest BCUT2D eigenvalue weighted by Gasteiger charge is 2.33. The fraction of sp³-hybridized carbons (Fsp3) is 0.321. The summed E-state index contributed by atoms with van der Waals surface area (Å²) in [5.74, 6) is -1.06. The number of carbonyl (C=O) groups is 1. The Labute approximate surface area is 233 Å². The number of hydrogen-bond acceptors (Lipinski definition) is 9. The van der Waals surface area contributed by atoms with Crippen LogP contribution in [0.3, 0.4) is 0 Å².